The van der Waals surface area contributed by atoms with Gasteiger partial charge in [0.25, 0.3) is 10.0 Å². The van der Waals surface area contributed by atoms with Gasteiger partial charge < -0.3 is 0 Å². The lowest BCUT2D eigenvalue weighted by Gasteiger charge is -2.17. The van der Waals surface area contributed by atoms with E-state index in [1.54, 1.807) is 30.3 Å². The fraction of sp³-hybridized carbons (Fsp3) is 0.250. The van der Waals surface area contributed by atoms with E-state index in [1.165, 1.54) is 19.2 Å². The standard InChI is InChI=1S/C16H20N2O4S2/c1-12-5-10-16(11-13(12)2)24(21,22)17-14-6-8-15(9-7-14)18(3)23(4,19)20/h5-11,17H,1-4H3. The van der Waals surface area contributed by atoms with Crippen LogP contribution in [-0.2, 0) is 20.0 Å². The van der Waals surface area contributed by atoms with Crippen LogP contribution in [0, 0.1) is 13.8 Å². The molecule has 130 valence electrons. The van der Waals surface area contributed by atoms with Crippen molar-refractivity contribution in [1.82, 2.24) is 0 Å². The van der Waals surface area contributed by atoms with Crippen LogP contribution >= 0.6 is 0 Å². The van der Waals surface area contributed by atoms with Gasteiger partial charge in [0.2, 0.25) is 10.0 Å². The molecule has 0 aromatic heterocycles. The summed E-state index contributed by atoms with van der Waals surface area (Å²) in [6.07, 6.45) is 1.10. The van der Waals surface area contributed by atoms with Crippen LogP contribution in [0.25, 0.3) is 0 Å². The highest BCUT2D eigenvalue weighted by Gasteiger charge is 2.16. The average molecular weight is 368 g/mol. The largest absolute Gasteiger partial charge is 0.280 e. The van der Waals surface area contributed by atoms with Crippen LogP contribution in [0.5, 0.6) is 0 Å². The van der Waals surface area contributed by atoms with Crippen molar-refractivity contribution in [2.24, 2.45) is 0 Å². The molecule has 2 aromatic carbocycles. The lowest BCUT2D eigenvalue weighted by atomic mass is 10.1. The SMILES string of the molecule is Cc1ccc(S(=O)(=O)Nc2ccc(N(C)S(C)(=O)=O)cc2)cc1C. The molecule has 0 saturated carbocycles. The van der Waals surface area contributed by atoms with Gasteiger partial charge in [-0.25, -0.2) is 16.8 Å². The summed E-state index contributed by atoms with van der Waals surface area (Å²) in [5, 5.41) is 0. The molecule has 0 fully saturated rings. The number of sulfonamides is 2. The molecular weight excluding hydrogens is 348 g/mol. The first-order valence-electron chi connectivity index (χ1n) is 7.15. The van der Waals surface area contributed by atoms with E-state index < -0.39 is 20.0 Å². The highest BCUT2D eigenvalue weighted by Crippen LogP contribution is 2.22. The molecule has 0 spiro atoms. The molecule has 0 aliphatic carbocycles. The third-order valence-electron chi connectivity index (χ3n) is 3.77. The summed E-state index contributed by atoms with van der Waals surface area (Å²) < 4.78 is 51.5. The quantitative estimate of drug-likeness (QED) is 0.879. The van der Waals surface area contributed by atoms with Gasteiger partial charge in [0, 0.05) is 12.7 Å². The van der Waals surface area contributed by atoms with Gasteiger partial charge in [-0.15, -0.1) is 0 Å². The zero-order valence-corrected chi connectivity index (χ0v) is 15.6. The Hall–Kier alpha value is -2.06. The van der Waals surface area contributed by atoms with Gasteiger partial charge >= 0.3 is 0 Å². The Labute approximate surface area is 143 Å². The lowest BCUT2D eigenvalue weighted by Crippen LogP contribution is -2.24. The van der Waals surface area contributed by atoms with Crippen LogP contribution in [-0.4, -0.2) is 30.1 Å². The van der Waals surface area contributed by atoms with Crippen molar-refractivity contribution in [2.75, 3.05) is 22.3 Å². The van der Waals surface area contributed by atoms with Crippen LogP contribution < -0.4 is 9.03 Å². The van der Waals surface area contributed by atoms with Crippen LogP contribution in [0.2, 0.25) is 0 Å². The maximum Gasteiger partial charge on any atom is 0.261 e. The lowest BCUT2D eigenvalue weighted by molar-refractivity contribution is 0.598. The number of hydrogen-bond donors (Lipinski definition) is 1. The molecule has 0 heterocycles. The molecule has 0 aliphatic rings. The maximum absolute atomic E-state index is 12.4. The Balaban J connectivity index is 2.26. The van der Waals surface area contributed by atoms with E-state index in [9.17, 15) is 16.8 Å². The first-order chi connectivity index (χ1) is 11.0. The second-order valence-electron chi connectivity index (χ2n) is 5.63. The number of rotatable bonds is 5. The molecule has 0 aliphatic heterocycles. The van der Waals surface area contributed by atoms with Crippen molar-refractivity contribution in [3.05, 3.63) is 53.6 Å². The molecule has 2 rings (SSSR count). The molecular formula is C16H20N2O4S2. The normalized spacial score (nSPS) is 12.0. The Bertz CT molecular complexity index is 950. The Morgan fingerprint density at radius 3 is 1.96 bits per heavy atom. The summed E-state index contributed by atoms with van der Waals surface area (Å²) in [4.78, 5) is 0.183. The first kappa shape index (κ1) is 18.3. The summed E-state index contributed by atoms with van der Waals surface area (Å²) in [5.41, 5.74) is 2.72. The number of nitrogens with zero attached hydrogens (tertiary/aromatic N) is 1. The third-order valence-corrected chi connectivity index (χ3v) is 6.35. The highest BCUT2D eigenvalue weighted by atomic mass is 32.2. The summed E-state index contributed by atoms with van der Waals surface area (Å²) in [5.74, 6) is 0. The smallest absolute Gasteiger partial charge is 0.261 e. The van der Waals surface area contributed by atoms with E-state index in [-0.39, 0.29) is 4.90 Å². The van der Waals surface area contributed by atoms with Gasteiger partial charge in [0.15, 0.2) is 0 Å². The summed E-state index contributed by atoms with van der Waals surface area (Å²) in [7, 11) is -5.62. The molecule has 2 aromatic rings. The molecule has 8 heteroatoms. The van der Waals surface area contributed by atoms with Crippen molar-refractivity contribution < 1.29 is 16.8 Å². The minimum absolute atomic E-state index is 0.183. The van der Waals surface area contributed by atoms with Gasteiger partial charge in [-0.3, -0.25) is 9.03 Å². The monoisotopic (exact) mass is 368 g/mol. The second kappa shape index (κ2) is 6.45. The average Bonchev–Trinajstić information content (AvgIpc) is 2.48. The number of hydrogen-bond acceptors (Lipinski definition) is 4. The van der Waals surface area contributed by atoms with Crippen molar-refractivity contribution in [3.63, 3.8) is 0 Å². The van der Waals surface area contributed by atoms with E-state index in [0.717, 1.165) is 21.7 Å². The molecule has 24 heavy (non-hydrogen) atoms. The Morgan fingerprint density at radius 1 is 0.875 bits per heavy atom. The van der Waals surface area contributed by atoms with Crippen molar-refractivity contribution in [1.29, 1.82) is 0 Å². The fourth-order valence-corrected chi connectivity index (χ4v) is 3.67. The van der Waals surface area contributed by atoms with E-state index in [0.29, 0.717) is 11.4 Å². The van der Waals surface area contributed by atoms with Crippen LogP contribution in [0.15, 0.2) is 47.4 Å². The summed E-state index contributed by atoms with van der Waals surface area (Å²) >= 11 is 0. The zero-order valence-electron chi connectivity index (χ0n) is 13.9. The minimum Gasteiger partial charge on any atom is -0.280 e. The number of aryl methyl sites for hydroxylation is 2. The molecule has 0 amide bonds. The molecule has 6 nitrogen and oxygen atoms in total. The topological polar surface area (TPSA) is 83.6 Å². The number of anilines is 2. The number of benzene rings is 2. The van der Waals surface area contributed by atoms with E-state index in [1.807, 2.05) is 13.8 Å². The van der Waals surface area contributed by atoms with E-state index >= 15 is 0 Å². The van der Waals surface area contributed by atoms with Gasteiger partial charge in [0.05, 0.1) is 16.8 Å². The molecule has 0 saturated heterocycles. The predicted molar refractivity (Wildman–Crippen MR) is 96.4 cm³/mol. The van der Waals surface area contributed by atoms with Crippen molar-refractivity contribution in [3.8, 4) is 0 Å². The molecule has 0 radical (unpaired) electrons. The minimum atomic E-state index is -3.70. The predicted octanol–water partition coefficient (Wildman–Crippen LogP) is 2.50. The Morgan fingerprint density at radius 2 is 1.46 bits per heavy atom. The van der Waals surface area contributed by atoms with Crippen LogP contribution in [0.3, 0.4) is 0 Å². The maximum atomic E-state index is 12.4. The molecule has 0 bridgehead atoms. The van der Waals surface area contributed by atoms with Crippen LogP contribution in [0.1, 0.15) is 11.1 Å². The number of nitrogens with one attached hydrogen (secondary N) is 1. The van der Waals surface area contributed by atoms with E-state index in [2.05, 4.69) is 4.72 Å². The van der Waals surface area contributed by atoms with Gasteiger partial charge in [0.1, 0.15) is 0 Å². The Kier molecular flexibility index (Phi) is 4.91. The van der Waals surface area contributed by atoms with Crippen molar-refractivity contribution in [2.45, 2.75) is 18.7 Å². The zero-order chi connectivity index (χ0) is 18.1. The molecule has 0 unspecified atom stereocenters. The second-order valence-corrected chi connectivity index (χ2v) is 9.33. The summed E-state index contributed by atoms with van der Waals surface area (Å²) in [6, 6.07) is 11.1. The van der Waals surface area contributed by atoms with Gasteiger partial charge in [-0.1, -0.05) is 6.07 Å². The summed E-state index contributed by atoms with van der Waals surface area (Å²) in [6.45, 7) is 3.76. The molecule has 1 N–H and O–H groups in total. The van der Waals surface area contributed by atoms with Gasteiger partial charge in [-0.2, -0.15) is 0 Å². The highest BCUT2D eigenvalue weighted by molar-refractivity contribution is 7.92. The van der Waals surface area contributed by atoms with Crippen molar-refractivity contribution >= 4 is 31.4 Å². The first-order valence-corrected chi connectivity index (χ1v) is 10.5. The third kappa shape index (κ3) is 4.07. The van der Waals surface area contributed by atoms with E-state index in [4.69, 9.17) is 0 Å². The van der Waals surface area contributed by atoms with Crippen LogP contribution in [0.4, 0.5) is 11.4 Å². The fourth-order valence-electron chi connectivity index (χ4n) is 2.03. The van der Waals surface area contributed by atoms with Gasteiger partial charge in [-0.05, 0) is 61.4 Å². The molecule has 0 atom stereocenters.